The number of amides is 1. The summed E-state index contributed by atoms with van der Waals surface area (Å²) in [4.78, 5) is 38.5. The van der Waals surface area contributed by atoms with Gasteiger partial charge in [0, 0.05) is 24.1 Å². The van der Waals surface area contributed by atoms with E-state index in [1.54, 1.807) is 36.1 Å². The molecule has 0 spiro atoms. The van der Waals surface area contributed by atoms with E-state index in [1.807, 2.05) is 34.6 Å². The van der Waals surface area contributed by atoms with Gasteiger partial charge in [0.25, 0.3) is 5.91 Å². The molecule has 0 bridgehead atoms. The summed E-state index contributed by atoms with van der Waals surface area (Å²) in [6, 6.07) is 6.89. The Hall–Kier alpha value is -2.37. The number of hydrogen-bond acceptors (Lipinski definition) is 5. The first-order valence-corrected chi connectivity index (χ1v) is 9.95. The zero-order valence-electron chi connectivity index (χ0n) is 17.9. The van der Waals surface area contributed by atoms with E-state index < -0.39 is 12.1 Å². The van der Waals surface area contributed by atoms with Crippen molar-refractivity contribution in [2.45, 2.75) is 79.0 Å². The van der Waals surface area contributed by atoms with Gasteiger partial charge in [-0.25, -0.2) is 0 Å². The van der Waals surface area contributed by atoms with E-state index in [9.17, 15) is 14.4 Å². The highest BCUT2D eigenvalue weighted by Crippen LogP contribution is 2.15. The molecule has 0 radical (unpaired) electrons. The normalized spacial score (nSPS) is 12.0. The van der Waals surface area contributed by atoms with E-state index in [1.165, 1.54) is 0 Å². The van der Waals surface area contributed by atoms with Gasteiger partial charge in [-0.1, -0.05) is 6.92 Å². The van der Waals surface area contributed by atoms with Crippen molar-refractivity contribution in [2.24, 2.45) is 0 Å². The molecule has 0 saturated carbocycles. The van der Waals surface area contributed by atoms with Gasteiger partial charge in [-0.05, 0) is 65.3 Å². The summed E-state index contributed by atoms with van der Waals surface area (Å²) in [7, 11) is 0. The molecule has 1 atom stereocenters. The summed E-state index contributed by atoms with van der Waals surface area (Å²) in [6.45, 7) is 11.9. The number of hydrogen-bond donors (Lipinski definition) is 0. The maximum absolute atomic E-state index is 12.5. The standard InChI is InChI=1S/C22H33NO5/c1-7-14-27-19-10-8-18(9-11-19)20(24)12-13-21(25)28-17(6)22(26)23(15(2)3)16(4)5/h8-11,15-17H,7,12-14H2,1-6H3. The number of carbonyl (C=O) groups excluding carboxylic acids is 3. The van der Waals surface area contributed by atoms with Crippen molar-refractivity contribution < 1.29 is 23.9 Å². The van der Waals surface area contributed by atoms with Crippen LogP contribution in [0.4, 0.5) is 0 Å². The topological polar surface area (TPSA) is 72.9 Å². The lowest BCUT2D eigenvalue weighted by Gasteiger charge is -2.32. The third-order valence-corrected chi connectivity index (χ3v) is 4.23. The van der Waals surface area contributed by atoms with Gasteiger partial charge in [-0.2, -0.15) is 0 Å². The van der Waals surface area contributed by atoms with Crippen LogP contribution in [0.5, 0.6) is 5.75 Å². The van der Waals surface area contributed by atoms with Crippen molar-refractivity contribution >= 4 is 17.7 Å². The molecule has 0 heterocycles. The molecule has 1 unspecified atom stereocenters. The molecule has 156 valence electrons. The predicted octanol–water partition coefficient (Wildman–Crippen LogP) is 4.02. The summed E-state index contributed by atoms with van der Waals surface area (Å²) in [5.41, 5.74) is 0.520. The average molecular weight is 392 g/mol. The fraction of sp³-hybridized carbons (Fsp3) is 0.591. The average Bonchev–Trinajstić information content (AvgIpc) is 2.64. The molecule has 6 nitrogen and oxygen atoms in total. The third kappa shape index (κ3) is 7.33. The third-order valence-electron chi connectivity index (χ3n) is 4.23. The Kier molecular flexibility index (Phi) is 9.69. The molecule has 0 N–H and O–H groups in total. The lowest BCUT2D eigenvalue weighted by Crippen LogP contribution is -2.47. The van der Waals surface area contributed by atoms with Gasteiger partial charge in [0.1, 0.15) is 5.75 Å². The van der Waals surface area contributed by atoms with Gasteiger partial charge in [0.15, 0.2) is 11.9 Å². The predicted molar refractivity (Wildman–Crippen MR) is 108 cm³/mol. The van der Waals surface area contributed by atoms with Crippen LogP contribution < -0.4 is 4.74 Å². The van der Waals surface area contributed by atoms with Crippen molar-refractivity contribution in [3.05, 3.63) is 29.8 Å². The number of esters is 1. The summed E-state index contributed by atoms with van der Waals surface area (Å²) in [5, 5.41) is 0. The number of benzene rings is 1. The van der Waals surface area contributed by atoms with Crippen molar-refractivity contribution in [3.63, 3.8) is 0 Å². The Balaban J connectivity index is 2.52. The first-order chi connectivity index (χ1) is 13.2. The van der Waals surface area contributed by atoms with E-state index in [0.29, 0.717) is 17.9 Å². The van der Waals surface area contributed by atoms with Crippen LogP contribution >= 0.6 is 0 Å². The first kappa shape index (κ1) is 23.7. The van der Waals surface area contributed by atoms with Gasteiger partial charge >= 0.3 is 5.97 Å². The molecule has 0 aliphatic heterocycles. The molecular weight excluding hydrogens is 358 g/mol. The van der Waals surface area contributed by atoms with Crippen LogP contribution in [-0.2, 0) is 14.3 Å². The Morgan fingerprint density at radius 1 is 0.929 bits per heavy atom. The molecule has 1 amide bonds. The van der Waals surface area contributed by atoms with E-state index in [-0.39, 0.29) is 36.6 Å². The van der Waals surface area contributed by atoms with E-state index in [4.69, 9.17) is 9.47 Å². The van der Waals surface area contributed by atoms with Gasteiger partial charge in [0.2, 0.25) is 0 Å². The summed E-state index contributed by atoms with van der Waals surface area (Å²) >= 11 is 0. The number of Topliss-reactive ketones (excluding diaryl/α,β-unsaturated/α-hetero) is 1. The zero-order valence-corrected chi connectivity index (χ0v) is 17.9. The van der Waals surface area contributed by atoms with Crippen molar-refractivity contribution in [1.82, 2.24) is 4.90 Å². The molecule has 0 fully saturated rings. The minimum absolute atomic E-state index is 0.0134. The molecule has 0 aliphatic carbocycles. The first-order valence-electron chi connectivity index (χ1n) is 9.95. The maximum Gasteiger partial charge on any atom is 0.307 e. The number of ketones is 1. The number of ether oxygens (including phenoxy) is 2. The Labute approximate surface area is 168 Å². The summed E-state index contributed by atoms with van der Waals surface area (Å²) < 4.78 is 10.7. The number of rotatable bonds is 11. The van der Waals surface area contributed by atoms with Crippen molar-refractivity contribution in [1.29, 1.82) is 0 Å². The quantitative estimate of drug-likeness (QED) is 0.421. The second-order valence-electron chi connectivity index (χ2n) is 7.36. The maximum atomic E-state index is 12.5. The van der Waals surface area contributed by atoms with Gasteiger partial charge in [0.05, 0.1) is 13.0 Å². The fourth-order valence-electron chi connectivity index (χ4n) is 2.94. The second kappa shape index (κ2) is 11.5. The van der Waals surface area contributed by atoms with Gasteiger partial charge < -0.3 is 14.4 Å². The van der Waals surface area contributed by atoms with E-state index in [2.05, 4.69) is 0 Å². The van der Waals surface area contributed by atoms with Crippen LogP contribution in [-0.4, -0.2) is 47.4 Å². The molecule has 1 rings (SSSR count). The molecule has 1 aromatic carbocycles. The lowest BCUT2D eigenvalue weighted by molar-refractivity contribution is -0.160. The SMILES string of the molecule is CCCOc1ccc(C(=O)CCC(=O)OC(C)C(=O)N(C(C)C)C(C)C)cc1. The highest BCUT2D eigenvalue weighted by Gasteiger charge is 2.27. The molecule has 0 aromatic heterocycles. The van der Waals surface area contributed by atoms with E-state index in [0.717, 1.165) is 6.42 Å². The van der Waals surface area contributed by atoms with Crippen LogP contribution in [0.3, 0.4) is 0 Å². The smallest absolute Gasteiger partial charge is 0.307 e. The zero-order chi connectivity index (χ0) is 21.3. The lowest BCUT2D eigenvalue weighted by atomic mass is 10.1. The van der Waals surface area contributed by atoms with Crippen molar-refractivity contribution in [2.75, 3.05) is 6.61 Å². The minimum Gasteiger partial charge on any atom is -0.494 e. The minimum atomic E-state index is -0.873. The van der Waals surface area contributed by atoms with Crippen LogP contribution in [0, 0.1) is 0 Å². The summed E-state index contributed by atoms with van der Waals surface area (Å²) in [6.07, 6.45) is 0.0128. The second-order valence-corrected chi connectivity index (χ2v) is 7.36. The van der Waals surface area contributed by atoms with Gasteiger partial charge in [-0.3, -0.25) is 14.4 Å². The molecule has 0 saturated heterocycles. The Bertz CT molecular complexity index is 643. The Morgan fingerprint density at radius 3 is 2.00 bits per heavy atom. The highest BCUT2D eigenvalue weighted by atomic mass is 16.5. The Morgan fingerprint density at radius 2 is 1.50 bits per heavy atom. The summed E-state index contributed by atoms with van der Waals surface area (Å²) in [5.74, 6) is -0.217. The monoisotopic (exact) mass is 391 g/mol. The molecule has 0 aliphatic rings. The largest absolute Gasteiger partial charge is 0.494 e. The van der Waals surface area contributed by atoms with Crippen LogP contribution in [0.15, 0.2) is 24.3 Å². The molecule has 28 heavy (non-hydrogen) atoms. The van der Waals surface area contributed by atoms with Crippen LogP contribution in [0.25, 0.3) is 0 Å². The van der Waals surface area contributed by atoms with Crippen LogP contribution in [0.2, 0.25) is 0 Å². The number of carbonyl (C=O) groups is 3. The van der Waals surface area contributed by atoms with Crippen LogP contribution in [0.1, 0.15) is 71.2 Å². The highest BCUT2D eigenvalue weighted by molar-refractivity contribution is 5.97. The number of nitrogens with zero attached hydrogens (tertiary/aromatic N) is 1. The fourth-order valence-corrected chi connectivity index (χ4v) is 2.94. The molecular formula is C22H33NO5. The molecule has 6 heteroatoms. The van der Waals surface area contributed by atoms with Gasteiger partial charge in [-0.15, -0.1) is 0 Å². The van der Waals surface area contributed by atoms with E-state index >= 15 is 0 Å². The van der Waals surface area contributed by atoms with Crippen molar-refractivity contribution in [3.8, 4) is 5.75 Å². The molecule has 1 aromatic rings.